The molecule has 2 rings (SSSR count). The van der Waals surface area contributed by atoms with Gasteiger partial charge in [-0.05, 0) is 32.6 Å². The molecule has 2 amide bonds. The molecule has 0 aromatic carbocycles. The smallest absolute Gasteiger partial charge is 0.323 e. The van der Waals surface area contributed by atoms with E-state index < -0.39 is 5.97 Å². The van der Waals surface area contributed by atoms with Crippen LogP contribution in [-0.4, -0.2) is 64.7 Å². The average Bonchev–Trinajstić information content (AvgIpc) is 3.16. The third-order valence-electron chi connectivity index (χ3n) is 4.30. The minimum Gasteiger partial charge on any atom is -0.480 e. The first-order valence-corrected chi connectivity index (χ1v) is 7.54. The van der Waals surface area contributed by atoms with E-state index in [0.29, 0.717) is 0 Å². The van der Waals surface area contributed by atoms with Crippen molar-refractivity contribution >= 4 is 12.0 Å². The molecule has 2 fully saturated rings. The summed E-state index contributed by atoms with van der Waals surface area (Å²) >= 11 is 0. The van der Waals surface area contributed by atoms with Gasteiger partial charge in [0.15, 0.2) is 0 Å². The quantitative estimate of drug-likeness (QED) is 0.766. The predicted molar refractivity (Wildman–Crippen MR) is 75.6 cm³/mol. The maximum atomic E-state index is 12.3. The van der Waals surface area contributed by atoms with Crippen LogP contribution in [0.1, 0.15) is 39.5 Å². The number of likely N-dealkylation sites (tertiary alicyclic amines) is 1. The first-order chi connectivity index (χ1) is 9.51. The van der Waals surface area contributed by atoms with Crippen LogP contribution in [0.4, 0.5) is 4.79 Å². The van der Waals surface area contributed by atoms with Gasteiger partial charge in [-0.25, -0.2) is 4.79 Å². The Bertz CT molecular complexity index is 371. The van der Waals surface area contributed by atoms with Gasteiger partial charge in [-0.1, -0.05) is 6.92 Å². The Kier molecular flexibility index (Phi) is 4.86. The molecule has 1 aliphatic carbocycles. The van der Waals surface area contributed by atoms with E-state index >= 15 is 0 Å². The monoisotopic (exact) mass is 283 g/mol. The third kappa shape index (κ3) is 3.85. The van der Waals surface area contributed by atoms with Crippen molar-refractivity contribution in [2.75, 3.05) is 19.6 Å². The van der Waals surface area contributed by atoms with Crippen molar-refractivity contribution in [2.45, 2.75) is 57.7 Å². The summed E-state index contributed by atoms with van der Waals surface area (Å²) in [4.78, 5) is 27.0. The number of carbonyl (C=O) groups is 2. The first-order valence-electron chi connectivity index (χ1n) is 7.54. The van der Waals surface area contributed by atoms with Crippen molar-refractivity contribution in [1.82, 2.24) is 15.1 Å². The van der Waals surface area contributed by atoms with E-state index in [4.69, 9.17) is 5.11 Å². The molecular weight excluding hydrogens is 258 g/mol. The van der Waals surface area contributed by atoms with Crippen LogP contribution in [0.2, 0.25) is 0 Å². The maximum absolute atomic E-state index is 12.3. The zero-order valence-corrected chi connectivity index (χ0v) is 12.3. The van der Waals surface area contributed by atoms with E-state index in [2.05, 4.69) is 10.2 Å². The molecule has 6 nitrogen and oxygen atoms in total. The molecule has 2 N–H and O–H groups in total. The summed E-state index contributed by atoms with van der Waals surface area (Å²) in [7, 11) is 0. The van der Waals surface area contributed by atoms with Crippen molar-refractivity contribution < 1.29 is 14.7 Å². The number of hydrogen-bond donors (Lipinski definition) is 2. The van der Waals surface area contributed by atoms with E-state index in [1.54, 1.807) is 0 Å². The molecule has 2 atom stereocenters. The highest BCUT2D eigenvalue weighted by Gasteiger charge is 2.35. The zero-order chi connectivity index (χ0) is 14.7. The molecular formula is C14H25N3O3. The second kappa shape index (κ2) is 6.43. The molecule has 0 aromatic rings. The standard InChI is InChI=1S/C14H25N3O3/c1-3-10(2)17(9-13(18)19)14(20)15-11-6-7-16(8-11)12-4-5-12/h10-12H,3-9H2,1-2H3,(H,15,20)(H,18,19). The van der Waals surface area contributed by atoms with E-state index in [0.717, 1.165) is 32.0 Å². The van der Waals surface area contributed by atoms with Crippen LogP contribution in [0, 0.1) is 0 Å². The summed E-state index contributed by atoms with van der Waals surface area (Å²) in [5, 5.41) is 11.9. The SMILES string of the molecule is CCC(C)N(CC(=O)O)C(=O)NC1CCN(C2CC2)C1. The van der Waals surface area contributed by atoms with Crippen molar-refractivity contribution in [2.24, 2.45) is 0 Å². The fraction of sp³-hybridized carbons (Fsp3) is 0.857. The fourth-order valence-electron chi connectivity index (χ4n) is 2.73. The lowest BCUT2D eigenvalue weighted by Crippen LogP contribution is -2.50. The van der Waals surface area contributed by atoms with Crippen LogP contribution in [0.5, 0.6) is 0 Å². The van der Waals surface area contributed by atoms with Crippen molar-refractivity contribution in [3.05, 3.63) is 0 Å². The molecule has 1 saturated heterocycles. The molecule has 1 aliphatic heterocycles. The van der Waals surface area contributed by atoms with Gasteiger partial charge >= 0.3 is 12.0 Å². The molecule has 1 saturated carbocycles. The Balaban J connectivity index is 1.85. The zero-order valence-electron chi connectivity index (χ0n) is 12.3. The van der Waals surface area contributed by atoms with Crippen LogP contribution >= 0.6 is 0 Å². The number of carbonyl (C=O) groups excluding carboxylic acids is 1. The van der Waals surface area contributed by atoms with Crippen LogP contribution in [0.15, 0.2) is 0 Å². The number of carboxylic acids is 1. The van der Waals surface area contributed by atoms with Gasteiger partial charge in [0, 0.05) is 31.2 Å². The molecule has 1 heterocycles. The Morgan fingerprint density at radius 3 is 2.65 bits per heavy atom. The second-order valence-electron chi connectivity index (χ2n) is 5.94. The van der Waals surface area contributed by atoms with Crippen LogP contribution in [0.3, 0.4) is 0 Å². The van der Waals surface area contributed by atoms with Crippen LogP contribution in [0.25, 0.3) is 0 Å². The minimum atomic E-state index is -0.966. The number of carboxylic acid groups (broad SMARTS) is 1. The normalized spacial score (nSPS) is 24.4. The summed E-state index contributed by atoms with van der Waals surface area (Å²) in [6.07, 6.45) is 4.26. The van der Waals surface area contributed by atoms with Gasteiger partial charge in [-0.2, -0.15) is 0 Å². The molecule has 0 bridgehead atoms. The molecule has 0 radical (unpaired) electrons. The Morgan fingerprint density at radius 2 is 2.10 bits per heavy atom. The number of urea groups is 1. The first kappa shape index (κ1) is 15.1. The number of nitrogens with one attached hydrogen (secondary N) is 1. The summed E-state index contributed by atoms with van der Waals surface area (Å²) < 4.78 is 0. The largest absolute Gasteiger partial charge is 0.480 e. The summed E-state index contributed by atoms with van der Waals surface area (Å²) in [6.45, 7) is 5.54. The molecule has 0 aromatic heterocycles. The van der Waals surface area contributed by atoms with E-state index in [9.17, 15) is 9.59 Å². The van der Waals surface area contributed by atoms with Crippen LogP contribution < -0.4 is 5.32 Å². The van der Waals surface area contributed by atoms with E-state index in [1.165, 1.54) is 17.7 Å². The molecule has 2 unspecified atom stereocenters. The van der Waals surface area contributed by atoms with Gasteiger partial charge in [0.1, 0.15) is 6.54 Å². The molecule has 2 aliphatic rings. The number of aliphatic carboxylic acids is 1. The highest BCUT2D eigenvalue weighted by Crippen LogP contribution is 2.29. The minimum absolute atomic E-state index is 0.0629. The van der Waals surface area contributed by atoms with Gasteiger partial charge in [0.2, 0.25) is 0 Å². The highest BCUT2D eigenvalue weighted by molar-refractivity contribution is 5.80. The molecule has 20 heavy (non-hydrogen) atoms. The van der Waals surface area contributed by atoms with Crippen molar-refractivity contribution in [3.63, 3.8) is 0 Å². The summed E-state index contributed by atoms with van der Waals surface area (Å²) in [6, 6.07) is 0.571. The van der Waals surface area contributed by atoms with Gasteiger partial charge in [0.05, 0.1) is 0 Å². The number of rotatable bonds is 6. The van der Waals surface area contributed by atoms with Gasteiger partial charge in [0.25, 0.3) is 0 Å². The lowest BCUT2D eigenvalue weighted by Gasteiger charge is -2.28. The Labute approximate surface area is 120 Å². The molecule has 0 spiro atoms. The number of hydrogen-bond acceptors (Lipinski definition) is 3. The predicted octanol–water partition coefficient (Wildman–Crippen LogP) is 1.12. The van der Waals surface area contributed by atoms with Gasteiger partial charge in [-0.3, -0.25) is 9.69 Å². The van der Waals surface area contributed by atoms with Crippen molar-refractivity contribution in [1.29, 1.82) is 0 Å². The average molecular weight is 283 g/mol. The lowest BCUT2D eigenvalue weighted by molar-refractivity contribution is -0.138. The summed E-state index contributed by atoms with van der Waals surface area (Å²) in [5.74, 6) is -0.966. The second-order valence-corrected chi connectivity index (χ2v) is 5.94. The number of amides is 2. The highest BCUT2D eigenvalue weighted by atomic mass is 16.4. The fourth-order valence-corrected chi connectivity index (χ4v) is 2.73. The third-order valence-corrected chi connectivity index (χ3v) is 4.30. The molecule has 6 heteroatoms. The van der Waals surface area contributed by atoms with Gasteiger partial charge < -0.3 is 15.3 Å². The summed E-state index contributed by atoms with van der Waals surface area (Å²) in [5.41, 5.74) is 0. The maximum Gasteiger partial charge on any atom is 0.323 e. The van der Waals surface area contributed by atoms with Crippen LogP contribution in [-0.2, 0) is 4.79 Å². The Hall–Kier alpha value is -1.30. The lowest BCUT2D eigenvalue weighted by atomic mass is 10.2. The van der Waals surface area contributed by atoms with E-state index in [1.807, 2.05) is 13.8 Å². The van der Waals surface area contributed by atoms with Gasteiger partial charge in [-0.15, -0.1) is 0 Å². The van der Waals surface area contributed by atoms with Crippen molar-refractivity contribution in [3.8, 4) is 0 Å². The topological polar surface area (TPSA) is 72.9 Å². The van der Waals surface area contributed by atoms with E-state index in [-0.39, 0.29) is 24.7 Å². The number of nitrogens with zero attached hydrogens (tertiary/aromatic N) is 2. The Morgan fingerprint density at radius 1 is 1.40 bits per heavy atom. The molecule has 114 valence electrons.